The molecular formula is C33H48N4O8. The zero-order valence-electron chi connectivity index (χ0n) is 27.1. The lowest BCUT2D eigenvalue weighted by Gasteiger charge is -2.29. The van der Waals surface area contributed by atoms with E-state index in [0.29, 0.717) is 18.4 Å². The first-order valence-corrected chi connectivity index (χ1v) is 15.0. The minimum Gasteiger partial charge on any atom is -0.465 e. The van der Waals surface area contributed by atoms with Crippen LogP contribution in [0.15, 0.2) is 60.7 Å². The highest BCUT2D eigenvalue weighted by molar-refractivity contribution is 5.85. The molecule has 0 fully saturated rings. The number of nitrogens with zero attached hydrogens (tertiary/aromatic N) is 1. The molecule has 0 saturated heterocycles. The molecule has 0 radical (unpaired) electrons. The van der Waals surface area contributed by atoms with E-state index >= 15 is 0 Å². The fourth-order valence-corrected chi connectivity index (χ4v) is 4.16. The Kier molecular flexibility index (Phi) is 14.6. The smallest absolute Gasteiger partial charge is 0.408 e. The van der Waals surface area contributed by atoms with Crippen molar-refractivity contribution in [1.82, 2.24) is 20.9 Å². The van der Waals surface area contributed by atoms with Crippen LogP contribution in [0.2, 0.25) is 0 Å². The van der Waals surface area contributed by atoms with Gasteiger partial charge in [-0.15, -0.1) is 0 Å². The van der Waals surface area contributed by atoms with Gasteiger partial charge in [-0.2, -0.15) is 0 Å². The van der Waals surface area contributed by atoms with Crippen LogP contribution in [0.3, 0.4) is 0 Å². The van der Waals surface area contributed by atoms with Gasteiger partial charge in [0.15, 0.2) is 0 Å². The minimum atomic E-state index is -1.28. The Labute approximate surface area is 265 Å². The molecule has 0 spiro atoms. The SMILES string of the molecule is CC(C)(C)OC(=O)NCCC[C@@H](CNC(=O)[C@H](COCc1ccccc1)N(Cc1ccccc1)C(=O)O)NC(=O)OC(C)(C)C. The first kappa shape index (κ1) is 36.9. The van der Waals surface area contributed by atoms with Crippen molar-refractivity contribution in [2.45, 2.75) is 90.8 Å². The highest BCUT2D eigenvalue weighted by Gasteiger charge is 2.31. The van der Waals surface area contributed by atoms with E-state index in [2.05, 4.69) is 16.0 Å². The average Bonchev–Trinajstić information content (AvgIpc) is 2.94. The molecule has 0 heterocycles. The van der Waals surface area contributed by atoms with Crippen LogP contribution < -0.4 is 16.0 Å². The van der Waals surface area contributed by atoms with Gasteiger partial charge in [0.05, 0.1) is 13.2 Å². The van der Waals surface area contributed by atoms with Gasteiger partial charge < -0.3 is 35.3 Å². The topological polar surface area (TPSA) is 156 Å². The molecule has 0 aliphatic carbocycles. The molecule has 2 aromatic rings. The largest absolute Gasteiger partial charge is 0.465 e. The summed E-state index contributed by atoms with van der Waals surface area (Å²) in [5.74, 6) is -0.579. The van der Waals surface area contributed by atoms with Crippen molar-refractivity contribution in [3.05, 3.63) is 71.8 Å². The molecule has 0 bridgehead atoms. The summed E-state index contributed by atoms with van der Waals surface area (Å²) in [6.45, 7) is 10.7. The maximum atomic E-state index is 13.6. The van der Waals surface area contributed by atoms with E-state index in [1.807, 2.05) is 36.4 Å². The Balaban J connectivity index is 2.13. The first-order valence-electron chi connectivity index (χ1n) is 15.0. The van der Waals surface area contributed by atoms with Gasteiger partial charge >= 0.3 is 18.3 Å². The highest BCUT2D eigenvalue weighted by Crippen LogP contribution is 2.13. The lowest BCUT2D eigenvalue weighted by Crippen LogP contribution is -2.54. The summed E-state index contributed by atoms with van der Waals surface area (Å²) in [5, 5.41) is 18.3. The van der Waals surface area contributed by atoms with E-state index in [1.165, 1.54) is 0 Å². The standard InChI is InChI=1S/C33H48N4O8/c1-32(2,3)44-29(39)34-19-13-18-26(36-30(40)45-33(4,5)6)20-35-28(38)27(23-43-22-25-16-11-8-12-17-25)37(31(41)42)21-24-14-9-7-10-15-24/h7-12,14-17,26-27H,13,18-23H2,1-6H3,(H,34,39)(H,35,38)(H,36,40)(H,41,42)/t26-,27-/m0/s1. The lowest BCUT2D eigenvalue weighted by atomic mass is 10.1. The van der Waals surface area contributed by atoms with Crippen LogP contribution in [0, 0.1) is 0 Å². The molecule has 2 aromatic carbocycles. The zero-order valence-corrected chi connectivity index (χ0v) is 27.1. The molecule has 4 amide bonds. The molecule has 45 heavy (non-hydrogen) atoms. The summed E-state index contributed by atoms with van der Waals surface area (Å²) in [6.07, 6.45) is -1.68. The van der Waals surface area contributed by atoms with Gasteiger partial charge in [-0.05, 0) is 65.5 Å². The highest BCUT2D eigenvalue weighted by atomic mass is 16.6. The second-order valence-corrected chi connectivity index (χ2v) is 12.6. The van der Waals surface area contributed by atoms with Gasteiger partial charge in [0.2, 0.25) is 5.91 Å². The van der Waals surface area contributed by atoms with Crippen molar-refractivity contribution in [3.8, 4) is 0 Å². The molecule has 0 aliphatic heterocycles. The van der Waals surface area contributed by atoms with Gasteiger partial charge in [0.25, 0.3) is 0 Å². The van der Waals surface area contributed by atoms with Crippen LogP contribution in [-0.2, 0) is 32.2 Å². The predicted octanol–water partition coefficient (Wildman–Crippen LogP) is 5.07. The first-order chi connectivity index (χ1) is 21.1. The van der Waals surface area contributed by atoms with Gasteiger partial charge in [0, 0.05) is 25.7 Å². The van der Waals surface area contributed by atoms with E-state index in [4.69, 9.17) is 14.2 Å². The second-order valence-electron chi connectivity index (χ2n) is 12.6. The molecule has 0 aliphatic rings. The Hall–Kier alpha value is -4.32. The molecule has 2 atom stereocenters. The van der Waals surface area contributed by atoms with Gasteiger partial charge in [-0.25, -0.2) is 14.4 Å². The van der Waals surface area contributed by atoms with E-state index in [9.17, 15) is 24.3 Å². The second kappa shape index (κ2) is 17.8. The van der Waals surface area contributed by atoms with E-state index in [-0.39, 0.29) is 32.8 Å². The maximum Gasteiger partial charge on any atom is 0.408 e. The number of ether oxygens (including phenoxy) is 3. The van der Waals surface area contributed by atoms with Crippen LogP contribution in [-0.4, -0.2) is 77.2 Å². The number of carboxylic acid groups (broad SMARTS) is 1. The van der Waals surface area contributed by atoms with Crippen molar-refractivity contribution < 1.29 is 38.5 Å². The number of hydrogen-bond donors (Lipinski definition) is 4. The number of carbonyl (C=O) groups is 4. The Bertz CT molecular complexity index is 1210. The number of rotatable bonds is 15. The molecule has 248 valence electrons. The Morgan fingerprint density at radius 3 is 1.91 bits per heavy atom. The number of carbonyl (C=O) groups excluding carboxylic acids is 3. The number of alkyl carbamates (subject to hydrolysis) is 2. The predicted molar refractivity (Wildman–Crippen MR) is 170 cm³/mol. The summed E-state index contributed by atoms with van der Waals surface area (Å²) >= 11 is 0. The fourth-order valence-electron chi connectivity index (χ4n) is 4.16. The normalized spacial score (nSPS) is 12.8. The van der Waals surface area contributed by atoms with Crippen molar-refractivity contribution in [1.29, 1.82) is 0 Å². The lowest BCUT2D eigenvalue weighted by molar-refractivity contribution is -0.128. The van der Waals surface area contributed by atoms with E-state index < -0.39 is 47.5 Å². The van der Waals surface area contributed by atoms with Crippen LogP contribution in [0.1, 0.15) is 65.5 Å². The number of benzene rings is 2. The van der Waals surface area contributed by atoms with Crippen molar-refractivity contribution >= 4 is 24.2 Å². The summed E-state index contributed by atoms with van der Waals surface area (Å²) in [4.78, 5) is 51.6. The molecule has 4 N–H and O–H groups in total. The number of hydrogen-bond acceptors (Lipinski definition) is 7. The molecule has 12 nitrogen and oxygen atoms in total. The van der Waals surface area contributed by atoms with Crippen LogP contribution in [0.5, 0.6) is 0 Å². The third-order valence-corrected chi connectivity index (χ3v) is 6.15. The Morgan fingerprint density at radius 2 is 1.36 bits per heavy atom. The molecular weight excluding hydrogens is 580 g/mol. The van der Waals surface area contributed by atoms with Crippen LogP contribution in [0.25, 0.3) is 0 Å². The minimum absolute atomic E-state index is 0.0154. The average molecular weight is 629 g/mol. The Morgan fingerprint density at radius 1 is 0.800 bits per heavy atom. The summed E-state index contributed by atoms with van der Waals surface area (Å²) in [6, 6.07) is 16.6. The molecule has 0 saturated carbocycles. The van der Waals surface area contributed by atoms with Gasteiger partial charge in [-0.3, -0.25) is 9.69 Å². The van der Waals surface area contributed by atoms with Crippen molar-refractivity contribution in [2.24, 2.45) is 0 Å². The van der Waals surface area contributed by atoms with Gasteiger partial charge in [-0.1, -0.05) is 60.7 Å². The number of nitrogens with one attached hydrogen (secondary N) is 3. The summed E-state index contributed by atoms with van der Waals surface area (Å²) in [5.41, 5.74) is 0.211. The quantitative estimate of drug-likeness (QED) is 0.199. The van der Waals surface area contributed by atoms with E-state index in [0.717, 1.165) is 10.5 Å². The summed E-state index contributed by atoms with van der Waals surface area (Å²) < 4.78 is 16.5. The zero-order chi connectivity index (χ0) is 33.5. The summed E-state index contributed by atoms with van der Waals surface area (Å²) in [7, 11) is 0. The van der Waals surface area contributed by atoms with Crippen LogP contribution in [0.4, 0.5) is 14.4 Å². The third-order valence-electron chi connectivity index (χ3n) is 6.15. The van der Waals surface area contributed by atoms with Crippen molar-refractivity contribution in [2.75, 3.05) is 19.7 Å². The third kappa shape index (κ3) is 15.8. The molecule has 12 heteroatoms. The van der Waals surface area contributed by atoms with Crippen molar-refractivity contribution in [3.63, 3.8) is 0 Å². The molecule has 0 unspecified atom stereocenters. The molecule has 2 rings (SSSR count). The monoisotopic (exact) mass is 628 g/mol. The fraction of sp³-hybridized carbons (Fsp3) is 0.515. The maximum absolute atomic E-state index is 13.6. The molecule has 0 aromatic heterocycles. The van der Waals surface area contributed by atoms with Gasteiger partial charge in [0.1, 0.15) is 17.2 Å². The number of amides is 4. The van der Waals surface area contributed by atoms with Crippen LogP contribution >= 0.6 is 0 Å². The van der Waals surface area contributed by atoms with E-state index in [1.54, 1.807) is 65.8 Å².